The summed E-state index contributed by atoms with van der Waals surface area (Å²) in [7, 11) is 0. The number of carbonyl (C=O) groups excluding carboxylic acids is 1. The first-order valence-corrected chi connectivity index (χ1v) is 6.49. The van der Waals surface area contributed by atoms with Crippen LogP contribution in [0.3, 0.4) is 0 Å². The van der Waals surface area contributed by atoms with Crippen molar-refractivity contribution in [3.63, 3.8) is 0 Å². The van der Waals surface area contributed by atoms with Gasteiger partial charge in [-0.3, -0.25) is 0 Å². The van der Waals surface area contributed by atoms with Crippen molar-refractivity contribution in [1.82, 2.24) is 10.5 Å². The van der Waals surface area contributed by atoms with Gasteiger partial charge >= 0.3 is 12.3 Å². The van der Waals surface area contributed by atoms with Gasteiger partial charge in [-0.1, -0.05) is 5.22 Å². The van der Waals surface area contributed by atoms with Gasteiger partial charge in [-0.2, -0.15) is 28.8 Å². The summed E-state index contributed by atoms with van der Waals surface area (Å²) in [6, 6.07) is -3.97. The van der Waals surface area contributed by atoms with Crippen LogP contribution in [0.2, 0.25) is 0 Å². The Balaban J connectivity index is 2.49. The Bertz CT molecular complexity index is 642. The minimum atomic E-state index is -5.05. The van der Waals surface area contributed by atoms with Crippen LogP contribution in [-0.2, 0) is 4.74 Å². The molecule has 6 nitrogen and oxygen atoms in total. The molecule has 1 heterocycles. The molecule has 24 heavy (non-hydrogen) atoms. The third-order valence-corrected chi connectivity index (χ3v) is 3.06. The van der Waals surface area contributed by atoms with E-state index in [2.05, 4.69) is 15.1 Å². The molecule has 0 bridgehead atoms. The number of amides is 1. The smallest absolute Gasteiger partial charge is 0.430 e. The van der Waals surface area contributed by atoms with Crippen molar-refractivity contribution < 1.29 is 35.9 Å². The van der Waals surface area contributed by atoms with Crippen LogP contribution in [0.4, 0.5) is 31.1 Å². The lowest BCUT2D eigenvalue weighted by atomic mass is 9.98. The van der Waals surface area contributed by atoms with Gasteiger partial charge in [0.25, 0.3) is 0 Å². The van der Waals surface area contributed by atoms with Crippen molar-refractivity contribution >= 4 is 6.09 Å². The Morgan fingerprint density at radius 3 is 2.38 bits per heavy atom. The number of benzene rings is 1. The molecule has 0 aromatic heterocycles. The molecule has 2 rings (SSSR count). The quantitative estimate of drug-likeness (QED) is 0.652. The van der Waals surface area contributed by atoms with Crippen LogP contribution < -0.4 is 5.53 Å². The SMILES string of the molecule is CCOC(=O)N1NN=NC(c2cc(F)c(F)c(F)c2)C1C(F)(F)F. The Hall–Kier alpha value is -2.53. The Labute approximate surface area is 131 Å². The van der Waals surface area contributed by atoms with Gasteiger partial charge in [-0.05, 0) is 24.6 Å². The average Bonchev–Trinajstić information content (AvgIpc) is 2.50. The van der Waals surface area contributed by atoms with E-state index in [0.29, 0.717) is 12.1 Å². The van der Waals surface area contributed by atoms with Gasteiger partial charge in [0.1, 0.15) is 6.04 Å². The van der Waals surface area contributed by atoms with Crippen molar-refractivity contribution in [3.05, 3.63) is 35.1 Å². The van der Waals surface area contributed by atoms with E-state index in [1.54, 1.807) is 5.53 Å². The molecule has 2 unspecified atom stereocenters. The molecule has 0 aliphatic carbocycles. The molecule has 0 spiro atoms. The second-order valence-electron chi connectivity index (χ2n) is 4.61. The summed E-state index contributed by atoms with van der Waals surface area (Å²) >= 11 is 0. The minimum Gasteiger partial charge on any atom is -0.448 e. The highest BCUT2D eigenvalue weighted by molar-refractivity contribution is 5.67. The Morgan fingerprint density at radius 1 is 1.29 bits per heavy atom. The van der Waals surface area contributed by atoms with Crippen LogP contribution in [0.1, 0.15) is 18.5 Å². The van der Waals surface area contributed by atoms with E-state index in [4.69, 9.17) is 0 Å². The predicted molar refractivity (Wildman–Crippen MR) is 65.8 cm³/mol. The normalized spacial score (nSPS) is 20.7. The number of alkyl halides is 3. The number of hydrazine groups is 1. The molecular formula is C12H10F6N4O2. The largest absolute Gasteiger partial charge is 0.448 e. The Kier molecular flexibility index (Phi) is 4.85. The summed E-state index contributed by atoms with van der Waals surface area (Å²) in [6.45, 7) is 1.15. The predicted octanol–water partition coefficient (Wildman–Crippen LogP) is 3.42. The van der Waals surface area contributed by atoms with Crippen molar-refractivity contribution in [1.29, 1.82) is 0 Å². The van der Waals surface area contributed by atoms with Gasteiger partial charge in [0.15, 0.2) is 23.5 Å². The van der Waals surface area contributed by atoms with Crippen LogP contribution in [0, 0.1) is 17.5 Å². The molecule has 132 valence electrons. The number of halogens is 6. The zero-order chi connectivity index (χ0) is 18.1. The summed E-state index contributed by atoms with van der Waals surface area (Å²) in [5, 5.41) is 6.37. The first kappa shape index (κ1) is 17.8. The summed E-state index contributed by atoms with van der Waals surface area (Å²) < 4.78 is 84.1. The summed E-state index contributed by atoms with van der Waals surface area (Å²) in [4.78, 5) is 11.7. The summed E-state index contributed by atoms with van der Waals surface area (Å²) in [6.07, 6.45) is -6.46. The molecule has 0 fully saturated rings. The lowest BCUT2D eigenvalue weighted by Gasteiger charge is -2.36. The fourth-order valence-corrected chi connectivity index (χ4v) is 2.07. The maximum atomic E-state index is 13.4. The van der Waals surface area contributed by atoms with E-state index < -0.39 is 47.4 Å². The molecule has 1 aliphatic heterocycles. The molecular weight excluding hydrogens is 346 g/mol. The van der Waals surface area contributed by atoms with E-state index in [-0.39, 0.29) is 11.6 Å². The standard InChI is InChI=1S/C12H10F6N4O2/c1-2-24-11(23)22-10(12(16,17)18)9(19-20-21-22)5-3-6(13)8(15)7(14)4-5/h3-4,9-10H,2H2,1H3,(H,19,21). The molecule has 1 N–H and O–H groups in total. The third kappa shape index (κ3) is 3.36. The molecule has 0 radical (unpaired) electrons. The second-order valence-corrected chi connectivity index (χ2v) is 4.61. The number of rotatable bonds is 2. The number of carbonyl (C=O) groups is 1. The van der Waals surface area contributed by atoms with Gasteiger partial charge < -0.3 is 4.74 Å². The molecule has 0 saturated heterocycles. The molecule has 2 atom stereocenters. The van der Waals surface area contributed by atoms with Gasteiger partial charge in [0.05, 0.1) is 6.61 Å². The third-order valence-electron chi connectivity index (χ3n) is 3.06. The highest BCUT2D eigenvalue weighted by Crippen LogP contribution is 2.38. The number of ether oxygens (including phenoxy) is 1. The van der Waals surface area contributed by atoms with Crippen LogP contribution in [-0.4, -0.2) is 29.9 Å². The molecule has 1 amide bonds. The monoisotopic (exact) mass is 356 g/mol. The highest BCUT2D eigenvalue weighted by atomic mass is 19.4. The second kappa shape index (κ2) is 6.53. The lowest BCUT2D eigenvalue weighted by Crippen LogP contribution is -2.58. The van der Waals surface area contributed by atoms with E-state index in [1.807, 2.05) is 0 Å². The zero-order valence-corrected chi connectivity index (χ0v) is 11.9. The number of nitrogens with one attached hydrogen (secondary N) is 1. The zero-order valence-electron chi connectivity index (χ0n) is 11.9. The maximum Gasteiger partial charge on any atom is 0.430 e. The lowest BCUT2D eigenvalue weighted by molar-refractivity contribution is -0.197. The molecule has 1 aromatic rings. The Morgan fingerprint density at radius 2 is 1.88 bits per heavy atom. The van der Waals surface area contributed by atoms with Gasteiger partial charge in [-0.25, -0.2) is 18.0 Å². The molecule has 0 saturated carbocycles. The number of nitrogens with zero attached hydrogens (tertiary/aromatic N) is 3. The van der Waals surface area contributed by atoms with Crippen LogP contribution in [0.25, 0.3) is 0 Å². The van der Waals surface area contributed by atoms with Crippen molar-refractivity contribution in [2.75, 3.05) is 6.61 Å². The molecule has 1 aliphatic rings. The van der Waals surface area contributed by atoms with Crippen LogP contribution in [0.5, 0.6) is 0 Å². The fourth-order valence-electron chi connectivity index (χ4n) is 2.07. The maximum absolute atomic E-state index is 13.4. The summed E-state index contributed by atoms with van der Waals surface area (Å²) in [5.41, 5.74) is 1.09. The van der Waals surface area contributed by atoms with Crippen molar-refractivity contribution in [2.45, 2.75) is 25.2 Å². The van der Waals surface area contributed by atoms with Gasteiger partial charge in [-0.15, -0.1) is 0 Å². The van der Waals surface area contributed by atoms with E-state index in [1.165, 1.54) is 6.92 Å². The van der Waals surface area contributed by atoms with Gasteiger partial charge in [0, 0.05) is 0 Å². The topological polar surface area (TPSA) is 66.3 Å². The number of hydrogen-bond acceptors (Lipinski definition) is 5. The van der Waals surface area contributed by atoms with Crippen molar-refractivity contribution in [2.24, 2.45) is 10.3 Å². The highest BCUT2D eigenvalue weighted by Gasteiger charge is 2.54. The summed E-state index contributed by atoms with van der Waals surface area (Å²) in [5.74, 6) is -5.22. The van der Waals surface area contributed by atoms with Gasteiger partial charge in [0.2, 0.25) is 0 Å². The van der Waals surface area contributed by atoms with E-state index in [0.717, 1.165) is 0 Å². The van der Waals surface area contributed by atoms with Crippen LogP contribution >= 0.6 is 0 Å². The first-order chi connectivity index (χ1) is 11.2. The van der Waals surface area contributed by atoms with Crippen molar-refractivity contribution in [3.8, 4) is 0 Å². The first-order valence-electron chi connectivity index (χ1n) is 6.49. The van der Waals surface area contributed by atoms with E-state index in [9.17, 15) is 31.1 Å². The molecule has 1 aromatic carbocycles. The fraction of sp³-hybridized carbons (Fsp3) is 0.417. The number of hydrogen-bond donors (Lipinski definition) is 1. The van der Waals surface area contributed by atoms with E-state index >= 15 is 0 Å². The molecule has 12 heteroatoms. The average molecular weight is 356 g/mol. The minimum absolute atomic E-state index is 0.000331. The van der Waals surface area contributed by atoms with Crippen LogP contribution in [0.15, 0.2) is 22.5 Å².